The Morgan fingerprint density at radius 2 is 2.00 bits per heavy atom. The van der Waals surface area contributed by atoms with Crippen LogP contribution in [0.4, 0.5) is 10.5 Å². The molecular formula is C19H28N4O2. The van der Waals surface area contributed by atoms with Gasteiger partial charge in [0.25, 0.3) is 0 Å². The standard InChI is InChI=1S/C19H28N4O2/c1-14(12-19(3,4)25-5)21-18(24)22-17-8-6-16(7-9-17)13-23-11-10-20-15(23)2/h6-11,14H,12-13H2,1-5H3,(H2,21,22,24)/t14-/m0/s1. The zero-order chi connectivity index (χ0) is 18.4. The number of carbonyl (C=O) groups excluding carboxylic acids is 1. The topological polar surface area (TPSA) is 68.2 Å². The number of aromatic nitrogens is 2. The molecule has 1 aromatic heterocycles. The Labute approximate surface area is 149 Å². The van der Waals surface area contributed by atoms with Crippen molar-refractivity contribution < 1.29 is 9.53 Å². The number of anilines is 1. The number of hydrogen-bond acceptors (Lipinski definition) is 3. The van der Waals surface area contributed by atoms with Gasteiger partial charge in [0, 0.05) is 37.8 Å². The Kier molecular flexibility index (Phi) is 6.20. The van der Waals surface area contributed by atoms with Crippen LogP contribution in [0.1, 0.15) is 38.6 Å². The third-order valence-corrected chi connectivity index (χ3v) is 4.22. The Hall–Kier alpha value is -2.34. The lowest BCUT2D eigenvalue weighted by Gasteiger charge is -2.27. The molecule has 2 aromatic rings. The van der Waals surface area contributed by atoms with E-state index in [1.807, 2.05) is 58.2 Å². The van der Waals surface area contributed by atoms with Gasteiger partial charge in [-0.1, -0.05) is 12.1 Å². The minimum Gasteiger partial charge on any atom is -0.379 e. The smallest absolute Gasteiger partial charge is 0.319 e. The monoisotopic (exact) mass is 344 g/mol. The highest BCUT2D eigenvalue weighted by atomic mass is 16.5. The van der Waals surface area contributed by atoms with Crippen LogP contribution >= 0.6 is 0 Å². The van der Waals surface area contributed by atoms with Gasteiger partial charge >= 0.3 is 6.03 Å². The van der Waals surface area contributed by atoms with Gasteiger partial charge in [-0.05, 0) is 51.8 Å². The van der Waals surface area contributed by atoms with Gasteiger partial charge < -0.3 is 19.9 Å². The molecule has 0 aliphatic heterocycles. The van der Waals surface area contributed by atoms with Crippen LogP contribution in [0.15, 0.2) is 36.7 Å². The van der Waals surface area contributed by atoms with Crippen LogP contribution in [0.25, 0.3) is 0 Å². The number of imidazole rings is 1. The van der Waals surface area contributed by atoms with E-state index in [1.165, 1.54) is 0 Å². The van der Waals surface area contributed by atoms with Crippen molar-refractivity contribution in [3.8, 4) is 0 Å². The fourth-order valence-electron chi connectivity index (χ4n) is 2.72. The molecule has 6 heteroatoms. The highest BCUT2D eigenvalue weighted by Crippen LogP contribution is 2.16. The summed E-state index contributed by atoms with van der Waals surface area (Å²) < 4.78 is 7.47. The summed E-state index contributed by atoms with van der Waals surface area (Å²) in [7, 11) is 1.68. The Morgan fingerprint density at radius 1 is 1.32 bits per heavy atom. The van der Waals surface area contributed by atoms with E-state index in [0.29, 0.717) is 0 Å². The second kappa shape index (κ2) is 8.16. The maximum atomic E-state index is 12.1. The number of hydrogen-bond donors (Lipinski definition) is 2. The number of nitrogens with zero attached hydrogens (tertiary/aromatic N) is 2. The summed E-state index contributed by atoms with van der Waals surface area (Å²) in [4.78, 5) is 16.3. The largest absolute Gasteiger partial charge is 0.379 e. The molecule has 2 amide bonds. The Morgan fingerprint density at radius 3 is 2.56 bits per heavy atom. The van der Waals surface area contributed by atoms with Crippen LogP contribution < -0.4 is 10.6 Å². The van der Waals surface area contributed by atoms with Crippen molar-refractivity contribution in [1.29, 1.82) is 0 Å². The minimum absolute atomic E-state index is 0.0124. The van der Waals surface area contributed by atoms with Gasteiger partial charge in [0.05, 0.1) is 5.60 Å². The number of rotatable bonds is 7. The molecule has 0 spiro atoms. The van der Waals surface area contributed by atoms with Crippen molar-refractivity contribution in [3.05, 3.63) is 48.0 Å². The van der Waals surface area contributed by atoms with Gasteiger partial charge in [-0.25, -0.2) is 9.78 Å². The zero-order valence-electron chi connectivity index (χ0n) is 15.7. The summed E-state index contributed by atoms with van der Waals surface area (Å²) in [6.45, 7) is 8.72. The Balaban J connectivity index is 1.86. The lowest BCUT2D eigenvalue weighted by molar-refractivity contribution is 0.00963. The molecule has 0 fully saturated rings. The molecule has 1 atom stereocenters. The van der Waals surface area contributed by atoms with E-state index < -0.39 is 0 Å². The number of nitrogens with one attached hydrogen (secondary N) is 2. The molecule has 0 saturated carbocycles. The molecule has 25 heavy (non-hydrogen) atoms. The lowest BCUT2D eigenvalue weighted by Crippen LogP contribution is -2.40. The molecule has 6 nitrogen and oxygen atoms in total. The summed E-state index contributed by atoms with van der Waals surface area (Å²) in [5.41, 5.74) is 1.66. The molecule has 0 radical (unpaired) electrons. The van der Waals surface area contributed by atoms with Crippen LogP contribution in [0, 0.1) is 6.92 Å². The first-order valence-corrected chi connectivity index (χ1v) is 8.48. The first-order valence-electron chi connectivity index (χ1n) is 8.48. The summed E-state index contributed by atoms with van der Waals surface area (Å²) >= 11 is 0. The van der Waals surface area contributed by atoms with Gasteiger partial charge in [0.2, 0.25) is 0 Å². The van der Waals surface area contributed by atoms with Crippen molar-refractivity contribution in [2.45, 2.75) is 52.3 Å². The number of methoxy groups -OCH3 is 1. The van der Waals surface area contributed by atoms with Crippen molar-refractivity contribution in [1.82, 2.24) is 14.9 Å². The normalized spacial score (nSPS) is 12.7. The molecule has 0 saturated heterocycles. The quantitative estimate of drug-likeness (QED) is 0.807. The predicted octanol–water partition coefficient (Wildman–Crippen LogP) is 3.56. The third kappa shape index (κ3) is 5.90. The highest BCUT2D eigenvalue weighted by molar-refractivity contribution is 5.89. The number of aryl methyl sites for hydroxylation is 1. The second-order valence-corrected chi connectivity index (χ2v) is 6.97. The second-order valence-electron chi connectivity index (χ2n) is 6.97. The molecule has 0 aliphatic carbocycles. The van der Waals surface area contributed by atoms with Crippen LogP contribution in [-0.2, 0) is 11.3 Å². The maximum absolute atomic E-state index is 12.1. The first kappa shape index (κ1) is 19.0. The fourth-order valence-corrected chi connectivity index (χ4v) is 2.72. The van der Waals surface area contributed by atoms with Crippen LogP contribution in [0.5, 0.6) is 0 Å². The summed E-state index contributed by atoms with van der Waals surface area (Å²) in [5, 5.41) is 5.80. The maximum Gasteiger partial charge on any atom is 0.319 e. The molecule has 0 bridgehead atoms. The molecule has 1 heterocycles. The van der Waals surface area contributed by atoms with E-state index in [1.54, 1.807) is 13.3 Å². The van der Waals surface area contributed by atoms with Crippen LogP contribution in [0.2, 0.25) is 0 Å². The van der Waals surface area contributed by atoms with Crippen molar-refractivity contribution >= 4 is 11.7 Å². The van der Waals surface area contributed by atoms with E-state index >= 15 is 0 Å². The first-order chi connectivity index (χ1) is 11.8. The van der Waals surface area contributed by atoms with Gasteiger partial charge in [-0.3, -0.25) is 0 Å². The number of carbonyl (C=O) groups is 1. The van der Waals surface area contributed by atoms with E-state index in [0.717, 1.165) is 30.0 Å². The molecule has 1 aromatic carbocycles. The molecule has 2 N–H and O–H groups in total. The SMILES string of the molecule is COC(C)(C)C[C@H](C)NC(=O)Nc1ccc(Cn2ccnc2C)cc1. The van der Waals surface area contributed by atoms with Crippen molar-refractivity contribution in [2.75, 3.05) is 12.4 Å². The highest BCUT2D eigenvalue weighted by Gasteiger charge is 2.21. The molecule has 0 unspecified atom stereocenters. The number of amides is 2. The van der Waals surface area contributed by atoms with Crippen LogP contribution in [-0.4, -0.2) is 34.3 Å². The lowest BCUT2D eigenvalue weighted by atomic mass is 10.00. The summed E-state index contributed by atoms with van der Waals surface area (Å²) in [5.74, 6) is 0.981. The van der Waals surface area contributed by atoms with E-state index in [2.05, 4.69) is 20.2 Å². The van der Waals surface area contributed by atoms with Gasteiger partial charge in [-0.15, -0.1) is 0 Å². The van der Waals surface area contributed by atoms with Gasteiger partial charge in [0.15, 0.2) is 0 Å². The van der Waals surface area contributed by atoms with E-state index in [4.69, 9.17) is 4.74 Å². The fraction of sp³-hybridized carbons (Fsp3) is 0.474. The number of ether oxygens (including phenoxy) is 1. The van der Waals surface area contributed by atoms with Crippen molar-refractivity contribution in [3.63, 3.8) is 0 Å². The summed E-state index contributed by atoms with van der Waals surface area (Å²) in [6, 6.07) is 7.63. The predicted molar refractivity (Wildman–Crippen MR) is 99.8 cm³/mol. The van der Waals surface area contributed by atoms with Crippen molar-refractivity contribution in [2.24, 2.45) is 0 Å². The van der Waals surface area contributed by atoms with Gasteiger partial charge in [-0.2, -0.15) is 0 Å². The van der Waals surface area contributed by atoms with Crippen LogP contribution in [0.3, 0.4) is 0 Å². The average molecular weight is 344 g/mol. The Bertz CT molecular complexity index is 692. The molecule has 2 rings (SSSR count). The molecule has 136 valence electrons. The summed E-state index contributed by atoms with van der Waals surface area (Å²) in [6.07, 6.45) is 4.49. The number of urea groups is 1. The van der Waals surface area contributed by atoms with Gasteiger partial charge in [0.1, 0.15) is 5.82 Å². The van der Waals surface area contributed by atoms with E-state index in [9.17, 15) is 4.79 Å². The number of benzene rings is 1. The minimum atomic E-state index is -0.264. The molecular weight excluding hydrogens is 316 g/mol. The third-order valence-electron chi connectivity index (χ3n) is 4.22. The van der Waals surface area contributed by atoms with E-state index in [-0.39, 0.29) is 17.7 Å². The molecule has 0 aliphatic rings. The zero-order valence-corrected chi connectivity index (χ0v) is 15.7. The average Bonchev–Trinajstić information content (AvgIpc) is 2.93.